The van der Waals surface area contributed by atoms with Gasteiger partial charge in [0.15, 0.2) is 0 Å². The Bertz CT molecular complexity index is 504. The maximum absolute atomic E-state index is 12.8. The lowest BCUT2D eigenvalue weighted by Crippen LogP contribution is -2.55. The number of amides is 2. The van der Waals surface area contributed by atoms with Crippen LogP contribution in [0, 0.1) is 5.41 Å². The van der Waals surface area contributed by atoms with Gasteiger partial charge in [0.2, 0.25) is 11.8 Å². The standard InChI is InChI=1S/C16H24F4N2O3/c1-2-21-9-15(6-4-12(21)23)5-3-7-22(10-15)13(24)8-25-11-16(19,20)14(17)18/h14H,2-11H2,1H3. The Morgan fingerprint density at radius 2 is 2.04 bits per heavy atom. The highest BCUT2D eigenvalue weighted by Crippen LogP contribution is 2.38. The molecule has 1 unspecified atom stereocenters. The van der Waals surface area contributed by atoms with E-state index < -0.39 is 31.5 Å². The van der Waals surface area contributed by atoms with Crippen LogP contribution in [-0.4, -0.2) is 73.4 Å². The van der Waals surface area contributed by atoms with Crippen LogP contribution in [0.1, 0.15) is 32.6 Å². The lowest BCUT2D eigenvalue weighted by molar-refractivity contribution is -0.172. The zero-order valence-electron chi connectivity index (χ0n) is 14.3. The predicted molar refractivity (Wildman–Crippen MR) is 81.5 cm³/mol. The molecule has 2 saturated heterocycles. The molecular formula is C16H24F4N2O3. The van der Waals surface area contributed by atoms with Crippen LogP contribution >= 0.6 is 0 Å². The lowest BCUT2D eigenvalue weighted by Gasteiger charge is -2.48. The van der Waals surface area contributed by atoms with Crippen molar-refractivity contribution < 1.29 is 31.9 Å². The monoisotopic (exact) mass is 368 g/mol. The van der Waals surface area contributed by atoms with E-state index in [1.165, 1.54) is 4.90 Å². The second-order valence-electron chi connectivity index (χ2n) is 6.88. The van der Waals surface area contributed by atoms with Gasteiger partial charge in [0.05, 0.1) is 0 Å². The number of hydrogen-bond acceptors (Lipinski definition) is 3. The van der Waals surface area contributed by atoms with Gasteiger partial charge in [0.1, 0.15) is 13.2 Å². The van der Waals surface area contributed by atoms with Crippen LogP contribution in [0.4, 0.5) is 17.6 Å². The number of piperidine rings is 2. The Balaban J connectivity index is 1.88. The third-order valence-electron chi connectivity index (χ3n) is 4.98. The summed E-state index contributed by atoms with van der Waals surface area (Å²) in [6.07, 6.45) is -1.04. The average molecular weight is 368 g/mol. The van der Waals surface area contributed by atoms with E-state index in [0.29, 0.717) is 39.0 Å². The smallest absolute Gasteiger partial charge is 0.330 e. The van der Waals surface area contributed by atoms with Crippen LogP contribution in [0.25, 0.3) is 0 Å². The lowest BCUT2D eigenvalue weighted by atomic mass is 9.73. The summed E-state index contributed by atoms with van der Waals surface area (Å²) >= 11 is 0. The number of likely N-dealkylation sites (tertiary alicyclic amines) is 2. The Labute approximate surface area is 144 Å². The Morgan fingerprint density at radius 1 is 1.32 bits per heavy atom. The second-order valence-corrected chi connectivity index (χ2v) is 6.88. The molecule has 25 heavy (non-hydrogen) atoms. The van der Waals surface area contributed by atoms with E-state index in [1.807, 2.05) is 6.92 Å². The van der Waals surface area contributed by atoms with E-state index in [0.717, 1.165) is 12.8 Å². The van der Waals surface area contributed by atoms with Gasteiger partial charge >= 0.3 is 12.3 Å². The number of carbonyl (C=O) groups excluding carboxylic acids is 2. The highest BCUT2D eigenvalue weighted by atomic mass is 19.3. The minimum absolute atomic E-state index is 0.106. The summed E-state index contributed by atoms with van der Waals surface area (Å²) in [7, 11) is 0. The van der Waals surface area contributed by atoms with Gasteiger partial charge in [0.25, 0.3) is 0 Å². The molecule has 0 aliphatic carbocycles. The third kappa shape index (κ3) is 4.83. The summed E-state index contributed by atoms with van der Waals surface area (Å²) in [5.74, 6) is -4.63. The Kier molecular flexibility index (Phi) is 6.29. The summed E-state index contributed by atoms with van der Waals surface area (Å²) in [6.45, 7) is 1.89. The molecule has 144 valence electrons. The second kappa shape index (κ2) is 7.88. The van der Waals surface area contributed by atoms with Crippen LogP contribution in [0.5, 0.6) is 0 Å². The zero-order valence-corrected chi connectivity index (χ0v) is 14.3. The predicted octanol–water partition coefficient (Wildman–Crippen LogP) is 2.15. The van der Waals surface area contributed by atoms with Crippen molar-refractivity contribution in [2.24, 2.45) is 5.41 Å². The maximum atomic E-state index is 12.8. The quantitative estimate of drug-likeness (QED) is 0.675. The van der Waals surface area contributed by atoms with Crippen molar-refractivity contribution in [3.8, 4) is 0 Å². The molecule has 2 heterocycles. The highest BCUT2D eigenvalue weighted by Gasteiger charge is 2.43. The largest absolute Gasteiger partial charge is 0.365 e. The summed E-state index contributed by atoms with van der Waals surface area (Å²) in [4.78, 5) is 27.3. The van der Waals surface area contributed by atoms with Crippen molar-refractivity contribution in [2.45, 2.75) is 45.0 Å². The molecule has 2 fully saturated rings. The van der Waals surface area contributed by atoms with Crippen LogP contribution in [0.3, 0.4) is 0 Å². The van der Waals surface area contributed by atoms with E-state index in [9.17, 15) is 27.2 Å². The number of hydrogen-bond donors (Lipinski definition) is 0. The fourth-order valence-corrected chi connectivity index (χ4v) is 3.57. The zero-order chi connectivity index (χ0) is 18.7. The molecule has 0 aromatic heterocycles. The molecule has 9 heteroatoms. The first-order valence-electron chi connectivity index (χ1n) is 8.48. The van der Waals surface area contributed by atoms with E-state index in [1.54, 1.807) is 4.90 Å². The summed E-state index contributed by atoms with van der Waals surface area (Å²) in [5.41, 5.74) is -0.176. The minimum atomic E-state index is -4.26. The van der Waals surface area contributed by atoms with Crippen molar-refractivity contribution in [3.05, 3.63) is 0 Å². The third-order valence-corrected chi connectivity index (χ3v) is 4.98. The van der Waals surface area contributed by atoms with Gasteiger partial charge < -0.3 is 14.5 Å². The molecule has 2 amide bonds. The SMILES string of the molecule is CCN1CC2(CCCN(C(=O)COCC(F)(F)C(F)F)C2)CCC1=O. The highest BCUT2D eigenvalue weighted by molar-refractivity contribution is 5.78. The molecule has 1 atom stereocenters. The summed E-state index contributed by atoms with van der Waals surface area (Å²) in [5, 5.41) is 0. The molecule has 0 aromatic rings. The molecule has 0 aromatic carbocycles. The molecular weight excluding hydrogens is 344 g/mol. The Hall–Kier alpha value is -1.38. The molecule has 0 bridgehead atoms. The molecule has 2 aliphatic rings. The molecule has 1 spiro atoms. The van der Waals surface area contributed by atoms with Gasteiger partial charge in [-0.05, 0) is 26.2 Å². The number of nitrogens with zero attached hydrogens (tertiary/aromatic N) is 2. The first-order chi connectivity index (χ1) is 11.7. The van der Waals surface area contributed by atoms with Crippen molar-refractivity contribution in [1.29, 1.82) is 0 Å². The van der Waals surface area contributed by atoms with Gasteiger partial charge in [-0.1, -0.05) is 0 Å². The van der Waals surface area contributed by atoms with Gasteiger partial charge in [-0.25, -0.2) is 8.78 Å². The van der Waals surface area contributed by atoms with Gasteiger partial charge in [-0.15, -0.1) is 0 Å². The van der Waals surface area contributed by atoms with Crippen molar-refractivity contribution in [3.63, 3.8) is 0 Å². The molecule has 0 N–H and O–H groups in total. The van der Waals surface area contributed by atoms with Crippen LogP contribution in [-0.2, 0) is 14.3 Å². The first-order valence-corrected chi connectivity index (χ1v) is 8.48. The molecule has 2 rings (SSSR count). The molecule has 2 aliphatic heterocycles. The number of halogens is 4. The Morgan fingerprint density at radius 3 is 2.68 bits per heavy atom. The summed E-state index contributed by atoms with van der Waals surface area (Å²) < 4.78 is 54.3. The van der Waals surface area contributed by atoms with Crippen molar-refractivity contribution >= 4 is 11.8 Å². The number of rotatable bonds is 6. The fourth-order valence-electron chi connectivity index (χ4n) is 3.57. The van der Waals surface area contributed by atoms with Gasteiger partial charge in [-0.2, -0.15) is 8.78 Å². The van der Waals surface area contributed by atoms with Crippen LogP contribution < -0.4 is 0 Å². The maximum Gasteiger partial charge on any atom is 0.330 e. The molecule has 0 saturated carbocycles. The van der Waals surface area contributed by atoms with Gasteiger partial charge in [0, 0.05) is 38.0 Å². The number of alkyl halides is 4. The number of carbonyl (C=O) groups is 2. The van der Waals surface area contributed by atoms with E-state index in [4.69, 9.17) is 0 Å². The molecule has 5 nitrogen and oxygen atoms in total. The van der Waals surface area contributed by atoms with Crippen molar-refractivity contribution in [2.75, 3.05) is 39.4 Å². The van der Waals surface area contributed by atoms with E-state index in [-0.39, 0.29) is 11.3 Å². The van der Waals surface area contributed by atoms with Crippen molar-refractivity contribution in [1.82, 2.24) is 9.80 Å². The molecule has 0 radical (unpaired) electrons. The van der Waals surface area contributed by atoms with Gasteiger partial charge in [-0.3, -0.25) is 9.59 Å². The van der Waals surface area contributed by atoms with Crippen LogP contribution in [0.2, 0.25) is 0 Å². The fraction of sp³-hybridized carbons (Fsp3) is 0.875. The number of ether oxygens (including phenoxy) is 1. The summed E-state index contributed by atoms with van der Waals surface area (Å²) in [6, 6.07) is 0. The van der Waals surface area contributed by atoms with Crippen LogP contribution in [0.15, 0.2) is 0 Å². The normalized spacial score (nSPS) is 25.1. The minimum Gasteiger partial charge on any atom is -0.365 e. The first kappa shape index (κ1) is 19.9. The van der Waals surface area contributed by atoms with E-state index >= 15 is 0 Å². The average Bonchev–Trinajstić information content (AvgIpc) is 2.57. The van der Waals surface area contributed by atoms with E-state index in [2.05, 4.69) is 4.74 Å². The topological polar surface area (TPSA) is 49.9 Å².